The lowest BCUT2D eigenvalue weighted by molar-refractivity contribution is -0.126. The van der Waals surface area contributed by atoms with E-state index in [-0.39, 0.29) is 30.4 Å². The molecule has 3 aromatic rings. The molecule has 2 N–H and O–H groups in total. The number of aromatic nitrogens is 1. The molecule has 0 spiro atoms. The molecule has 1 aromatic heterocycles. The summed E-state index contributed by atoms with van der Waals surface area (Å²) >= 11 is 6.05. The molecule has 1 saturated heterocycles. The predicted octanol–water partition coefficient (Wildman–Crippen LogP) is 4.35. The van der Waals surface area contributed by atoms with E-state index < -0.39 is 0 Å². The molecule has 2 aromatic carbocycles. The average Bonchev–Trinajstić information content (AvgIpc) is 3.47. The maximum atomic E-state index is 13.0. The van der Waals surface area contributed by atoms with Gasteiger partial charge < -0.3 is 24.7 Å². The number of hydrogen-bond donors (Lipinski definition) is 2. The number of carbonyl (C=O) groups excluding carboxylic acids is 2. The Morgan fingerprint density at radius 1 is 1.12 bits per heavy atom. The van der Waals surface area contributed by atoms with E-state index in [1.165, 1.54) is 0 Å². The number of amides is 2. The highest BCUT2D eigenvalue weighted by molar-refractivity contribution is 6.31. The number of fused-ring (bicyclic) bond motifs is 2. The molecule has 8 heteroatoms. The van der Waals surface area contributed by atoms with Gasteiger partial charge >= 0.3 is 0 Å². The van der Waals surface area contributed by atoms with Gasteiger partial charge in [0.05, 0.1) is 0 Å². The van der Waals surface area contributed by atoms with E-state index in [1.807, 2.05) is 48.2 Å². The summed E-state index contributed by atoms with van der Waals surface area (Å²) in [6, 6.07) is 13.1. The zero-order chi connectivity index (χ0) is 22.9. The number of ether oxygens (including phenoxy) is 2. The molecule has 172 valence electrons. The van der Waals surface area contributed by atoms with Gasteiger partial charge in [-0.3, -0.25) is 9.59 Å². The molecule has 0 bridgehead atoms. The third-order valence-electron chi connectivity index (χ3n) is 6.66. The lowest BCUT2D eigenvalue weighted by Gasteiger charge is -2.34. The summed E-state index contributed by atoms with van der Waals surface area (Å²) in [5.74, 6) is 1.59. The van der Waals surface area contributed by atoms with Crippen molar-refractivity contribution in [2.75, 3.05) is 19.9 Å². The molecule has 2 amide bonds. The first-order chi connectivity index (χ1) is 16.0. The van der Waals surface area contributed by atoms with Crippen molar-refractivity contribution in [3.05, 3.63) is 58.7 Å². The summed E-state index contributed by atoms with van der Waals surface area (Å²) in [6.07, 6.45) is 1.60. The molecule has 7 nitrogen and oxygen atoms in total. The van der Waals surface area contributed by atoms with E-state index in [0.717, 1.165) is 35.1 Å². The predicted molar refractivity (Wildman–Crippen MR) is 126 cm³/mol. The van der Waals surface area contributed by atoms with Crippen LogP contribution in [0.15, 0.2) is 42.5 Å². The van der Waals surface area contributed by atoms with Gasteiger partial charge in [0.1, 0.15) is 5.69 Å². The summed E-state index contributed by atoms with van der Waals surface area (Å²) < 4.78 is 10.7. The van der Waals surface area contributed by atoms with Crippen molar-refractivity contribution >= 4 is 34.3 Å². The Morgan fingerprint density at radius 2 is 1.91 bits per heavy atom. The first-order valence-electron chi connectivity index (χ1n) is 11.2. The third-order valence-corrected chi connectivity index (χ3v) is 6.90. The fourth-order valence-electron chi connectivity index (χ4n) is 4.61. The zero-order valence-electron chi connectivity index (χ0n) is 18.4. The molecule has 2 aliphatic heterocycles. The number of likely N-dealkylation sites (tertiary alicyclic amines) is 1. The van der Waals surface area contributed by atoms with Gasteiger partial charge in [-0.15, -0.1) is 0 Å². The van der Waals surface area contributed by atoms with E-state index in [1.54, 1.807) is 6.07 Å². The maximum absolute atomic E-state index is 13.0. The van der Waals surface area contributed by atoms with Gasteiger partial charge in [0.25, 0.3) is 5.91 Å². The minimum absolute atomic E-state index is 0.0133. The fraction of sp³-hybridized carbons (Fsp3) is 0.360. The van der Waals surface area contributed by atoms with Crippen LogP contribution in [0.2, 0.25) is 5.02 Å². The highest BCUT2D eigenvalue weighted by atomic mass is 35.5. The van der Waals surface area contributed by atoms with E-state index in [4.69, 9.17) is 21.1 Å². The van der Waals surface area contributed by atoms with Crippen molar-refractivity contribution in [1.29, 1.82) is 0 Å². The molecule has 0 saturated carbocycles. The van der Waals surface area contributed by atoms with Crippen LogP contribution in [0.25, 0.3) is 10.9 Å². The SMILES string of the molecule is C[C@@H](C(=O)NCc1ccc2c(c1)OCO2)C1CCN(C(=O)c2cc3cc(Cl)ccc3[nH]2)CC1. The summed E-state index contributed by atoms with van der Waals surface area (Å²) in [7, 11) is 0. The molecule has 1 fully saturated rings. The minimum atomic E-state index is -0.119. The van der Waals surface area contributed by atoms with Gasteiger partial charge in [-0.1, -0.05) is 24.6 Å². The Hall–Kier alpha value is -3.19. The van der Waals surface area contributed by atoms with Crippen molar-refractivity contribution in [2.24, 2.45) is 11.8 Å². The smallest absolute Gasteiger partial charge is 0.270 e. The highest BCUT2D eigenvalue weighted by Gasteiger charge is 2.30. The number of H-pyrrole nitrogens is 1. The van der Waals surface area contributed by atoms with Crippen molar-refractivity contribution in [1.82, 2.24) is 15.2 Å². The lowest BCUT2D eigenvalue weighted by atomic mass is 9.84. The Kier molecular flexibility index (Phi) is 5.89. The molecule has 33 heavy (non-hydrogen) atoms. The van der Waals surface area contributed by atoms with Gasteiger partial charge in [-0.05, 0) is 60.7 Å². The van der Waals surface area contributed by atoms with Crippen LogP contribution in [-0.4, -0.2) is 41.6 Å². The summed E-state index contributed by atoms with van der Waals surface area (Å²) in [5, 5.41) is 4.60. The van der Waals surface area contributed by atoms with Crippen molar-refractivity contribution in [2.45, 2.75) is 26.3 Å². The fourth-order valence-corrected chi connectivity index (χ4v) is 4.79. The Balaban J connectivity index is 1.13. The third kappa shape index (κ3) is 4.50. The molecule has 2 aliphatic rings. The number of carbonyl (C=O) groups is 2. The number of piperidine rings is 1. The molecule has 0 aliphatic carbocycles. The number of rotatable bonds is 5. The lowest BCUT2D eigenvalue weighted by Crippen LogP contribution is -2.42. The van der Waals surface area contributed by atoms with Crippen LogP contribution in [0.5, 0.6) is 11.5 Å². The zero-order valence-corrected chi connectivity index (χ0v) is 19.2. The molecule has 3 heterocycles. The van der Waals surface area contributed by atoms with Crippen molar-refractivity contribution in [3.8, 4) is 11.5 Å². The quantitative estimate of drug-likeness (QED) is 0.584. The van der Waals surface area contributed by atoms with Crippen LogP contribution in [0.4, 0.5) is 0 Å². The van der Waals surface area contributed by atoms with E-state index in [9.17, 15) is 9.59 Å². The maximum Gasteiger partial charge on any atom is 0.270 e. The number of halogens is 1. The monoisotopic (exact) mass is 467 g/mol. The molecule has 0 radical (unpaired) electrons. The van der Waals surface area contributed by atoms with Gasteiger partial charge in [-0.2, -0.15) is 0 Å². The molecule has 0 unspecified atom stereocenters. The number of nitrogens with zero attached hydrogens (tertiary/aromatic N) is 1. The van der Waals surface area contributed by atoms with Gasteiger partial charge in [0.2, 0.25) is 12.7 Å². The van der Waals surface area contributed by atoms with Gasteiger partial charge in [0, 0.05) is 41.5 Å². The topological polar surface area (TPSA) is 83.7 Å². The molecule has 1 atom stereocenters. The number of benzene rings is 2. The molecular weight excluding hydrogens is 442 g/mol. The largest absolute Gasteiger partial charge is 0.454 e. The van der Waals surface area contributed by atoms with E-state index >= 15 is 0 Å². The normalized spacial score (nSPS) is 16.7. The van der Waals surface area contributed by atoms with Crippen LogP contribution in [0.1, 0.15) is 35.8 Å². The summed E-state index contributed by atoms with van der Waals surface area (Å²) in [6.45, 7) is 3.93. The summed E-state index contributed by atoms with van der Waals surface area (Å²) in [5.41, 5.74) is 2.44. The van der Waals surface area contributed by atoms with E-state index in [0.29, 0.717) is 36.1 Å². The Morgan fingerprint density at radius 3 is 2.73 bits per heavy atom. The minimum Gasteiger partial charge on any atom is -0.454 e. The molecular formula is C25H26ClN3O4. The van der Waals surface area contributed by atoms with Crippen LogP contribution in [0, 0.1) is 11.8 Å². The Labute approximate surface area is 197 Å². The number of nitrogens with one attached hydrogen (secondary N) is 2. The first-order valence-corrected chi connectivity index (χ1v) is 11.6. The van der Waals surface area contributed by atoms with Crippen LogP contribution in [-0.2, 0) is 11.3 Å². The standard InChI is InChI=1S/C25H26ClN3O4/c1-15(24(30)27-13-16-2-5-22-23(10-16)33-14-32-22)17-6-8-29(9-7-17)25(31)21-12-18-11-19(26)3-4-20(18)28-21/h2-5,10-12,15,17,28H,6-9,13-14H2,1H3,(H,27,30)/t15-/m1/s1. The highest BCUT2D eigenvalue weighted by Crippen LogP contribution is 2.32. The van der Waals surface area contributed by atoms with Crippen LogP contribution >= 0.6 is 11.6 Å². The van der Waals surface area contributed by atoms with Crippen molar-refractivity contribution in [3.63, 3.8) is 0 Å². The second-order valence-corrected chi connectivity index (χ2v) is 9.17. The van der Waals surface area contributed by atoms with E-state index in [2.05, 4.69) is 10.3 Å². The van der Waals surface area contributed by atoms with Crippen LogP contribution < -0.4 is 14.8 Å². The number of aromatic amines is 1. The first kappa shape index (κ1) is 21.6. The summed E-state index contributed by atoms with van der Waals surface area (Å²) in [4.78, 5) is 30.8. The van der Waals surface area contributed by atoms with Gasteiger partial charge in [0.15, 0.2) is 11.5 Å². The second-order valence-electron chi connectivity index (χ2n) is 8.74. The van der Waals surface area contributed by atoms with Gasteiger partial charge in [-0.25, -0.2) is 0 Å². The number of hydrogen-bond acceptors (Lipinski definition) is 4. The average molecular weight is 468 g/mol. The second kappa shape index (κ2) is 8.98. The molecule has 5 rings (SSSR count). The van der Waals surface area contributed by atoms with Crippen molar-refractivity contribution < 1.29 is 19.1 Å². The Bertz CT molecular complexity index is 1200. The van der Waals surface area contributed by atoms with Crippen LogP contribution in [0.3, 0.4) is 0 Å².